The maximum absolute atomic E-state index is 12.6. The molecule has 0 bridgehead atoms. The van der Waals surface area contributed by atoms with Crippen LogP contribution in [0.4, 0.5) is 4.39 Å². The first-order valence-electron chi connectivity index (χ1n) is 4.87. The van der Waals surface area contributed by atoms with Gasteiger partial charge in [-0.05, 0) is 31.0 Å². The molecule has 1 amide bonds. The summed E-state index contributed by atoms with van der Waals surface area (Å²) in [6.07, 6.45) is 0.679. The van der Waals surface area contributed by atoms with Gasteiger partial charge in [0.1, 0.15) is 5.82 Å². The van der Waals surface area contributed by atoms with E-state index in [4.69, 9.17) is 5.73 Å². The van der Waals surface area contributed by atoms with Crippen molar-refractivity contribution in [3.8, 4) is 0 Å². The number of rotatable bonds is 4. The van der Waals surface area contributed by atoms with E-state index in [1.165, 1.54) is 12.1 Å². The van der Waals surface area contributed by atoms with Gasteiger partial charge in [0.25, 0.3) is 0 Å². The fraction of sp³-hybridized carbons (Fsp3) is 0.364. The summed E-state index contributed by atoms with van der Waals surface area (Å²) in [5.74, 6) is -0.421. The van der Waals surface area contributed by atoms with Crippen LogP contribution in [0.3, 0.4) is 0 Å². The Bertz CT molecular complexity index is 322. The van der Waals surface area contributed by atoms with Gasteiger partial charge in [-0.1, -0.05) is 12.1 Å². The molecule has 0 saturated carbocycles. The second kappa shape index (κ2) is 5.46. The molecule has 1 atom stereocenters. The Morgan fingerprint density at radius 2 is 2.07 bits per heavy atom. The first kappa shape index (κ1) is 11.7. The number of hydrogen-bond acceptors (Lipinski definition) is 2. The van der Waals surface area contributed by atoms with Gasteiger partial charge in [0.2, 0.25) is 5.91 Å². The highest BCUT2D eigenvalue weighted by atomic mass is 19.1. The molecule has 0 aliphatic rings. The molecule has 3 nitrogen and oxygen atoms in total. The highest BCUT2D eigenvalue weighted by Crippen LogP contribution is 2.02. The molecule has 0 fully saturated rings. The van der Waals surface area contributed by atoms with Gasteiger partial charge in [-0.25, -0.2) is 4.39 Å². The molecule has 1 unspecified atom stereocenters. The summed E-state index contributed by atoms with van der Waals surface area (Å²) >= 11 is 0. The lowest BCUT2D eigenvalue weighted by Crippen LogP contribution is -2.39. The molecule has 15 heavy (non-hydrogen) atoms. The van der Waals surface area contributed by atoms with E-state index in [1.54, 1.807) is 19.1 Å². The Balaban J connectivity index is 2.32. The van der Waals surface area contributed by atoms with Crippen LogP contribution >= 0.6 is 0 Å². The Morgan fingerprint density at radius 3 is 2.60 bits per heavy atom. The number of halogens is 1. The second-order valence-corrected chi connectivity index (χ2v) is 3.46. The average molecular weight is 210 g/mol. The Morgan fingerprint density at radius 1 is 1.47 bits per heavy atom. The summed E-state index contributed by atoms with van der Waals surface area (Å²) in [6.45, 7) is 2.15. The van der Waals surface area contributed by atoms with Crippen LogP contribution < -0.4 is 11.1 Å². The first-order chi connectivity index (χ1) is 7.09. The number of carbonyl (C=O) groups excluding carboxylic acids is 1. The fourth-order valence-corrected chi connectivity index (χ4v) is 1.14. The molecule has 1 rings (SSSR count). The number of carbonyl (C=O) groups is 1. The van der Waals surface area contributed by atoms with Crippen LogP contribution in [0.15, 0.2) is 24.3 Å². The van der Waals surface area contributed by atoms with Crippen LogP contribution in [0, 0.1) is 5.82 Å². The molecule has 0 radical (unpaired) electrons. The molecule has 0 aliphatic heterocycles. The van der Waals surface area contributed by atoms with Crippen molar-refractivity contribution in [1.29, 1.82) is 0 Å². The minimum absolute atomic E-state index is 0.169. The Hall–Kier alpha value is -1.42. The summed E-state index contributed by atoms with van der Waals surface area (Å²) in [7, 11) is 0. The second-order valence-electron chi connectivity index (χ2n) is 3.46. The van der Waals surface area contributed by atoms with Gasteiger partial charge in [-0.2, -0.15) is 0 Å². The van der Waals surface area contributed by atoms with Crippen molar-refractivity contribution in [1.82, 2.24) is 5.32 Å². The minimum atomic E-state index is -0.488. The smallest absolute Gasteiger partial charge is 0.236 e. The van der Waals surface area contributed by atoms with Crippen molar-refractivity contribution >= 4 is 5.91 Å². The van der Waals surface area contributed by atoms with E-state index in [0.717, 1.165) is 5.56 Å². The van der Waals surface area contributed by atoms with E-state index >= 15 is 0 Å². The molecule has 1 aromatic rings. The maximum Gasteiger partial charge on any atom is 0.236 e. The summed E-state index contributed by atoms with van der Waals surface area (Å²) in [5, 5.41) is 2.69. The van der Waals surface area contributed by atoms with Crippen molar-refractivity contribution in [2.75, 3.05) is 6.54 Å². The van der Waals surface area contributed by atoms with Crippen molar-refractivity contribution in [2.45, 2.75) is 19.4 Å². The maximum atomic E-state index is 12.6. The van der Waals surface area contributed by atoms with Crippen LogP contribution in [0.2, 0.25) is 0 Å². The third-order valence-electron chi connectivity index (χ3n) is 2.04. The molecule has 1 aromatic carbocycles. The first-order valence-corrected chi connectivity index (χ1v) is 4.87. The van der Waals surface area contributed by atoms with Gasteiger partial charge < -0.3 is 11.1 Å². The lowest BCUT2D eigenvalue weighted by molar-refractivity contribution is -0.121. The topological polar surface area (TPSA) is 55.1 Å². The van der Waals surface area contributed by atoms with E-state index in [2.05, 4.69) is 5.32 Å². The van der Waals surface area contributed by atoms with E-state index in [-0.39, 0.29) is 11.7 Å². The molecule has 82 valence electrons. The van der Waals surface area contributed by atoms with Gasteiger partial charge in [-0.3, -0.25) is 4.79 Å². The number of hydrogen-bond donors (Lipinski definition) is 2. The zero-order valence-electron chi connectivity index (χ0n) is 8.66. The molecule has 0 heterocycles. The molecular formula is C11H15FN2O. The predicted octanol–water partition coefficient (Wildman–Crippen LogP) is 0.832. The quantitative estimate of drug-likeness (QED) is 0.773. The lowest BCUT2D eigenvalue weighted by atomic mass is 10.1. The van der Waals surface area contributed by atoms with Crippen molar-refractivity contribution in [3.63, 3.8) is 0 Å². The highest BCUT2D eigenvalue weighted by molar-refractivity contribution is 5.80. The van der Waals surface area contributed by atoms with E-state index < -0.39 is 6.04 Å². The van der Waals surface area contributed by atoms with E-state index in [0.29, 0.717) is 13.0 Å². The standard InChI is InChI=1S/C11H15FN2O/c1-8(13)11(15)14-7-6-9-2-4-10(12)5-3-9/h2-5,8H,6-7,13H2,1H3,(H,14,15). The van der Waals surface area contributed by atoms with Gasteiger partial charge in [-0.15, -0.1) is 0 Å². The molecule has 0 spiro atoms. The summed E-state index contributed by atoms with van der Waals surface area (Å²) in [5.41, 5.74) is 6.36. The fourth-order valence-electron chi connectivity index (χ4n) is 1.14. The zero-order valence-corrected chi connectivity index (χ0v) is 8.66. The van der Waals surface area contributed by atoms with Gasteiger partial charge in [0, 0.05) is 6.54 Å². The summed E-state index contributed by atoms with van der Waals surface area (Å²) in [4.78, 5) is 11.1. The number of nitrogens with two attached hydrogens (primary N) is 1. The number of benzene rings is 1. The van der Waals surface area contributed by atoms with E-state index in [9.17, 15) is 9.18 Å². The third-order valence-corrected chi connectivity index (χ3v) is 2.04. The zero-order chi connectivity index (χ0) is 11.3. The minimum Gasteiger partial charge on any atom is -0.354 e. The van der Waals surface area contributed by atoms with Crippen LogP contribution in [-0.2, 0) is 11.2 Å². The molecule has 4 heteroatoms. The van der Waals surface area contributed by atoms with Crippen molar-refractivity contribution in [3.05, 3.63) is 35.6 Å². The monoisotopic (exact) mass is 210 g/mol. The summed E-state index contributed by atoms with van der Waals surface area (Å²) < 4.78 is 12.6. The normalized spacial score (nSPS) is 12.2. The number of amides is 1. The highest BCUT2D eigenvalue weighted by Gasteiger charge is 2.05. The Kier molecular flexibility index (Phi) is 4.24. The number of nitrogens with one attached hydrogen (secondary N) is 1. The van der Waals surface area contributed by atoms with Gasteiger partial charge in [0.15, 0.2) is 0 Å². The lowest BCUT2D eigenvalue weighted by Gasteiger charge is -2.07. The van der Waals surface area contributed by atoms with Crippen LogP contribution in [0.5, 0.6) is 0 Å². The predicted molar refractivity (Wildman–Crippen MR) is 56.8 cm³/mol. The SMILES string of the molecule is CC(N)C(=O)NCCc1ccc(F)cc1. The van der Waals surface area contributed by atoms with Crippen molar-refractivity contribution < 1.29 is 9.18 Å². The van der Waals surface area contributed by atoms with Gasteiger partial charge >= 0.3 is 0 Å². The average Bonchev–Trinajstić information content (AvgIpc) is 2.20. The largest absolute Gasteiger partial charge is 0.354 e. The molecular weight excluding hydrogens is 195 g/mol. The molecule has 0 aromatic heterocycles. The molecule has 0 aliphatic carbocycles. The molecule has 0 saturated heterocycles. The third kappa shape index (κ3) is 4.08. The van der Waals surface area contributed by atoms with Crippen LogP contribution in [-0.4, -0.2) is 18.5 Å². The van der Waals surface area contributed by atoms with Crippen molar-refractivity contribution in [2.24, 2.45) is 5.73 Å². The van der Waals surface area contributed by atoms with Crippen LogP contribution in [0.1, 0.15) is 12.5 Å². The summed E-state index contributed by atoms with van der Waals surface area (Å²) in [6, 6.07) is 5.73. The molecule has 3 N–H and O–H groups in total. The van der Waals surface area contributed by atoms with Crippen LogP contribution in [0.25, 0.3) is 0 Å². The van der Waals surface area contributed by atoms with Gasteiger partial charge in [0.05, 0.1) is 6.04 Å². The Labute approximate surface area is 88.5 Å². The van der Waals surface area contributed by atoms with E-state index in [1.807, 2.05) is 0 Å².